The largest absolute Gasteiger partial charge is 0.507 e. The molecule has 1 aromatic rings. The van der Waals surface area contributed by atoms with Crippen LogP contribution in [0.25, 0.3) is 0 Å². The molecular formula is C13H16INO4. The number of nitrogens with one attached hydrogen (secondary N) is 1. The maximum absolute atomic E-state index is 12.0. The zero-order valence-corrected chi connectivity index (χ0v) is 12.9. The average Bonchev–Trinajstić information content (AvgIpc) is 2.29. The molecule has 0 heterocycles. The maximum atomic E-state index is 12.0. The summed E-state index contributed by atoms with van der Waals surface area (Å²) in [6, 6.07) is 4.66. The molecule has 104 valence electrons. The Morgan fingerprint density at radius 3 is 2.53 bits per heavy atom. The first-order chi connectivity index (χ1) is 8.71. The second-order valence-electron chi connectivity index (χ2n) is 4.90. The lowest BCUT2D eigenvalue weighted by Crippen LogP contribution is -2.43. The second-order valence-corrected chi connectivity index (χ2v) is 6.06. The third kappa shape index (κ3) is 5.06. The minimum Gasteiger partial charge on any atom is -0.507 e. The molecule has 0 aliphatic rings. The molecule has 0 aromatic heterocycles. The van der Waals surface area contributed by atoms with Crippen LogP contribution in [0.1, 0.15) is 37.0 Å². The Bertz CT molecular complexity index is 499. The average molecular weight is 377 g/mol. The predicted molar refractivity (Wildman–Crippen MR) is 79.2 cm³/mol. The zero-order chi connectivity index (χ0) is 14.6. The van der Waals surface area contributed by atoms with Crippen molar-refractivity contribution in [2.24, 2.45) is 0 Å². The van der Waals surface area contributed by atoms with E-state index >= 15 is 0 Å². The highest BCUT2D eigenvalue weighted by atomic mass is 127. The predicted octanol–water partition coefficient (Wildman–Crippen LogP) is 2.37. The molecule has 19 heavy (non-hydrogen) atoms. The molecule has 3 N–H and O–H groups in total. The van der Waals surface area contributed by atoms with Gasteiger partial charge in [0, 0.05) is 17.5 Å². The summed E-state index contributed by atoms with van der Waals surface area (Å²) in [6.45, 7) is 3.53. The van der Waals surface area contributed by atoms with E-state index < -0.39 is 11.5 Å². The number of aromatic hydroxyl groups is 1. The zero-order valence-electron chi connectivity index (χ0n) is 10.7. The van der Waals surface area contributed by atoms with Crippen molar-refractivity contribution < 1.29 is 19.8 Å². The van der Waals surface area contributed by atoms with Gasteiger partial charge in [0.25, 0.3) is 5.91 Å². The lowest BCUT2D eigenvalue weighted by molar-refractivity contribution is -0.137. The third-order valence-electron chi connectivity index (χ3n) is 2.62. The van der Waals surface area contributed by atoms with Gasteiger partial charge in [-0.2, -0.15) is 0 Å². The molecular weight excluding hydrogens is 361 g/mol. The van der Waals surface area contributed by atoms with E-state index in [1.54, 1.807) is 26.0 Å². The van der Waals surface area contributed by atoms with Crippen LogP contribution in [0.15, 0.2) is 18.2 Å². The van der Waals surface area contributed by atoms with Gasteiger partial charge < -0.3 is 15.5 Å². The van der Waals surface area contributed by atoms with Gasteiger partial charge in [-0.25, -0.2) is 0 Å². The van der Waals surface area contributed by atoms with Gasteiger partial charge in [0.2, 0.25) is 0 Å². The fourth-order valence-corrected chi connectivity index (χ4v) is 1.85. The standard InChI is InChI=1S/C13H16INO4/c1-13(2,6-5-11(17)18)15-12(19)8-3-4-9(14)10(16)7-8/h3-4,7,16H,5-6H2,1-2H3,(H,15,19)(H,17,18). The minimum absolute atomic E-state index is 0.00871. The van der Waals surface area contributed by atoms with Crippen LogP contribution in [0.4, 0.5) is 0 Å². The molecule has 0 fully saturated rings. The first kappa shape index (κ1) is 15.7. The van der Waals surface area contributed by atoms with E-state index in [0.29, 0.717) is 15.6 Å². The Balaban J connectivity index is 2.72. The number of carboxylic acids is 1. The molecule has 0 spiro atoms. The first-order valence-corrected chi connectivity index (χ1v) is 6.82. The molecule has 0 saturated carbocycles. The Morgan fingerprint density at radius 2 is 2.00 bits per heavy atom. The van der Waals surface area contributed by atoms with Crippen LogP contribution in [-0.2, 0) is 4.79 Å². The lowest BCUT2D eigenvalue weighted by atomic mass is 9.97. The molecule has 0 saturated heterocycles. The van der Waals surface area contributed by atoms with E-state index in [1.807, 2.05) is 22.6 Å². The molecule has 0 radical (unpaired) electrons. The Morgan fingerprint density at radius 1 is 1.37 bits per heavy atom. The van der Waals surface area contributed by atoms with Crippen molar-refractivity contribution in [3.05, 3.63) is 27.3 Å². The van der Waals surface area contributed by atoms with Gasteiger partial charge in [-0.05, 0) is 61.1 Å². The maximum Gasteiger partial charge on any atom is 0.303 e. The van der Waals surface area contributed by atoms with Crippen LogP contribution in [0.5, 0.6) is 5.75 Å². The number of hydrogen-bond acceptors (Lipinski definition) is 3. The normalized spacial score (nSPS) is 11.1. The summed E-state index contributed by atoms with van der Waals surface area (Å²) >= 11 is 1.97. The molecule has 0 unspecified atom stereocenters. The summed E-state index contributed by atoms with van der Waals surface area (Å²) in [5.41, 5.74) is -0.269. The summed E-state index contributed by atoms with van der Waals surface area (Å²) in [7, 11) is 0. The smallest absolute Gasteiger partial charge is 0.303 e. The highest BCUT2D eigenvalue weighted by molar-refractivity contribution is 14.1. The monoisotopic (exact) mass is 377 g/mol. The Kier molecular flexibility index (Phi) is 5.16. The number of phenols is 1. The highest BCUT2D eigenvalue weighted by Crippen LogP contribution is 2.21. The van der Waals surface area contributed by atoms with Crippen molar-refractivity contribution in [2.45, 2.75) is 32.2 Å². The lowest BCUT2D eigenvalue weighted by Gasteiger charge is -2.25. The van der Waals surface area contributed by atoms with Crippen LogP contribution >= 0.6 is 22.6 Å². The number of carboxylic acid groups (broad SMARTS) is 1. The number of aliphatic carboxylic acids is 1. The number of rotatable bonds is 5. The topological polar surface area (TPSA) is 86.6 Å². The van der Waals surface area contributed by atoms with E-state index in [2.05, 4.69) is 5.32 Å². The van der Waals surface area contributed by atoms with Gasteiger partial charge in [-0.3, -0.25) is 9.59 Å². The van der Waals surface area contributed by atoms with Crippen LogP contribution in [0, 0.1) is 3.57 Å². The van der Waals surface area contributed by atoms with E-state index in [9.17, 15) is 14.7 Å². The highest BCUT2D eigenvalue weighted by Gasteiger charge is 2.22. The first-order valence-electron chi connectivity index (χ1n) is 5.74. The van der Waals surface area contributed by atoms with Crippen LogP contribution < -0.4 is 5.32 Å². The molecule has 1 rings (SSSR count). The van der Waals surface area contributed by atoms with Gasteiger partial charge in [0.1, 0.15) is 5.75 Å². The van der Waals surface area contributed by atoms with Crippen molar-refractivity contribution in [3.8, 4) is 5.75 Å². The fraction of sp³-hybridized carbons (Fsp3) is 0.385. The summed E-state index contributed by atoms with van der Waals surface area (Å²) in [6.07, 6.45) is 0.329. The van der Waals surface area contributed by atoms with Gasteiger partial charge >= 0.3 is 5.97 Å². The molecule has 6 heteroatoms. The SMILES string of the molecule is CC(C)(CCC(=O)O)NC(=O)c1ccc(I)c(O)c1. The summed E-state index contributed by atoms with van der Waals surface area (Å²) in [5.74, 6) is -1.17. The summed E-state index contributed by atoms with van der Waals surface area (Å²) in [4.78, 5) is 22.5. The molecule has 0 atom stereocenters. The number of carbonyl (C=O) groups excluding carboxylic acids is 1. The second kappa shape index (κ2) is 6.23. The van der Waals surface area contributed by atoms with Crippen LogP contribution in [-0.4, -0.2) is 27.6 Å². The number of benzene rings is 1. The molecule has 1 amide bonds. The number of carbonyl (C=O) groups is 2. The van der Waals surface area contributed by atoms with Crippen LogP contribution in [0.3, 0.4) is 0 Å². The molecule has 0 aliphatic carbocycles. The molecule has 0 aliphatic heterocycles. The number of phenolic OH excluding ortho intramolecular Hbond substituents is 1. The van der Waals surface area contributed by atoms with Crippen molar-refractivity contribution in [1.82, 2.24) is 5.32 Å². The molecule has 1 aromatic carbocycles. The van der Waals surface area contributed by atoms with E-state index in [-0.39, 0.29) is 18.1 Å². The van der Waals surface area contributed by atoms with E-state index in [0.717, 1.165) is 0 Å². The van der Waals surface area contributed by atoms with Crippen molar-refractivity contribution >= 4 is 34.5 Å². The summed E-state index contributed by atoms with van der Waals surface area (Å²) in [5, 5.41) is 21.0. The summed E-state index contributed by atoms with van der Waals surface area (Å²) < 4.78 is 0.666. The minimum atomic E-state index is -0.894. The van der Waals surface area contributed by atoms with E-state index in [1.165, 1.54) is 6.07 Å². The number of halogens is 1. The fourth-order valence-electron chi connectivity index (χ4n) is 1.52. The van der Waals surface area contributed by atoms with Gasteiger partial charge in [-0.15, -0.1) is 0 Å². The quantitative estimate of drug-likeness (QED) is 0.688. The van der Waals surface area contributed by atoms with Crippen LogP contribution in [0.2, 0.25) is 0 Å². The van der Waals surface area contributed by atoms with Crippen molar-refractivity contribution in [1.29, 1.82) is 0 Å². The van der Waals surface area contributed by atoms with Crippen molar-refractivity contribution in [3.63, 3.8) is 0 Å². The molecule has 0 bridgehead atoms. The number of hydrogen-bond donors (Lipinski definition) is 3. The molecule has 5 nitrogen and oxygen atoms in total. The van der Waals surface area contributed by atoms with E-state index in [4.69, 9.17) is 5.11 Å². The van der Waals surface area contributed by atoms with Gasteiger partial charge in [0.15, 0.2) is 0 Å². The van der Waals surface area contributed by atoms with Gasteiger partial charge in [0.05, 0.1) is 3.57 Å². The van der Waals surface area contributed by atoms with Gasteiger partial charge in [-0.1, -0.05) is 0 Å². The Hall–Kier alpha value is -1.31. The third-order valence-corrected chi connectivity index (χ3v) is 3.54. The van der Waals surface area contributed by atoms with Crippen molar-refractivity contribution in [2.75, 3.05) is 0 Å². The Labute approximate surface area is 125 Å². The number of amides is 1.